The number of phenols is 1. The Balaban J connectivity index is 2.21. The van der Waals surface area contributed by atoms with Gasteiger partial charge in [0.2, 0.25) is 0 Å². The molecule has 3 rings (SSSR count). The maximum absolute atomic E-state index is 13.2. The smallest absolute Gasteiger partial charge is 0.435 e. The third-order valence-corrected chi connectivity index (χ3v) is 4.02. The summed E-state index contributed by atoms with van der Waals surface area (Å²) in [7, 11) is 1.13. The van der Waals surface area contributed by atoms with Gasteiger partial charge in [-0.1, -0.05) is 23.7 Å². The van der Waals surface area contributed by atoms with Crippen molar-refractivity contribution in [3.63, 3.8) is 0 Å². The van der Waals surface area contributed by atoms with E-state index in [1.807, 2.05) is 0 Å². The van der Waals surface area contributed by atoms with E-state index in [0.717, 1.165) is 17.9 Å². The molecule has 1 aromatic heterocycles. The summed E-state index contributed by atoms with van der Waals surface area (Å²) in [4.78, 5) is 11.8. The van der Waals surface area contributed by atoms with Crippen LogP contribution in [0.15, 0.2) is 48.5 Å². The molecule has 140 valence electrons. The standard InChI is InChI=1S/C18H12ClF3N2O3/c1-27-17(26)13-8-12(6-7-15(13)25)24-14(9-16(23-24)18(20,21)22)10-2-4-11(19)5-3-10/h2-9,25H,1H3. The number of rotatable bonds is 3. The lowest BCUT2D eigenvalue weighted by atomic mass is 10.1. The number of hydrogen-bond donors (Lipinski definition) is 1. The highest BCUT2D eigenvalue weighted by atomic mass is 35.5. The van der Waals surface area contributed by atoms with Crippen LogP contribution in [0.1, 0.15) is 16.1 Å². The number of aromatic hydroxyl groups is 1. The minimum Gasteiger partial charge on any atom is -0.507 e. The Labute approximate surface area is 156 Å². The van der Waals surface area contributed by atoms with Crippen molar-refractivity contribution in [2.24, 2.45) is 0 Å². The maximum Gasteiger partial charge on any atom is 0.435 e. The average molecular weight is 397 g/mol. The molecule has 0 aliphatic carbocycles. The SMILES string of the molecule is COC(=O)c1cc(-n2nc(C(F)(F)F)cc2-c2ccc(Cl)cc2)ccc1O. The van der Waals surface area contributed by atoms with E-state index in [1.54, 1.807) is 12.1 Å². The monoisotopic (exact) mass is 396 g/mol. The van der Waals surface area contributed by atoms with Gasteiger partial charge in [0.25, 0.3) is 0 Å². The Kier molecular flexibility index (Phi) is 4.84. The molecule has 3 aromatic rings. The van der Waals surface area contributed by atoms with Gasteiger partial charge in [0, 0.05) is 10.6 Å². The van der Waals surface area contributed by atoms with Crippen LogP contribution < -0.4 is 0 Å². The van der Waals surface area contributed by atoms with Crippen LogP contribution in [0.4, 0.5) is 13.2 Å². The molecule has 0 bridgehead atoms. The molecule has 0 aliphatic heterocycles. The molecule has 27 heavy (non-hydrogen) atoms. The summed E-state index contributed by atoms with van der Waals surface area (Å²) < 4.78 is 45.2. The van der Waals surface area contributed by atoms with Crippen molar-refractivity contribution >= 4 is 17.6 Å². The first kappa shape index (κ1) is 18.8. The molecule has 0 saturated heterocycles. The largest absolute Gasteiger partial charge is 0.507 e. The highest BCUT2D eigenvalue weighted by molar-refractivity contribution is 6.30. The topological polar surface area (TPSA) is 64.4 Å². The zero-order valence-electron chi connectivity index (χ0n) is 13.8. The number of phenolic OH excluding ortho intramolecular Hbond substituents is 1. The lowest BCUT2D eigenvalue weighted by molar-refractivity contribution is -0.141. The summed E-state index contributed by atoms with van der Waals surface area (Å²) in [6, 6.07) is 10.8. The van der Waals surface area contributed by atoms with E-state index < -0.39 is 17.8 Å². The fourth-order valence-electron chi connectivity index (χ4n) is 2.47. The minimum absolute atomic E-state index is 0.139. The van der Waals surface area contributed by atoms with Crippen LogP contribution in [0.5, 0.6) is 5.75 Å². The molecule has 0 amide bonds. The van der Waals surface area contributed by atoms with E-state index in [-0.39, 0.29) is 22.7 Å². The fourth-order valence-corrected chi connectivity index (χ4v) is 2.60. The van der Waals surface area contributed by atoms with Gasteiger partial charge in [0.15, 0.2) is 5.69 Å². The van der Waals surface area contributed by atoms with Crippen LogP contribution in [0.3, 0.4) is 0 Å². The molecule has 0 atom stereocenters. The van der Waals surface area contributed by atoms with Crippen molar-refractivity contribution in [3.8, 4) is 22.7 Å². The number of halogens is 4. The number of methoxy groups -OCH3 is 1. The van der Waals surface area contributed by atoms with Crippen LogP contribution >= 0.6 is 11.6 Å². The molecule has 0 fully saturated rings. The first-order chi connectivity index (χ1) is 12.7. The molecule has 2 aromatic carbocycles. The third kappa shape index (κ3) is 3.75. The predicted octanol–water partition coefficient (Wildman–Crippen LogP) is 4.70. The van der Waals surface area contributed by atoms with E-state index in [9.17, 15) is 23.1 Å². The van der Waals surface area contributed by atoms with E-state index in [1.165, 1.54) is 30.3 Å². The Morgan fingerprint density at radius 1 is 1.15 bits per heavy atom. The second-order valence-corrected chi connectivity index (χ2v) is 5.96. The Morgan fingerprint density at radius 2 is 1.81 bits per heavy atom. The summed E-state index contributed by atoms with van der Waals surface area (Å²) in [6.45, 7) is 0. The number of ether oxygens (including phenoxy) is 1. The molecule has 0 unspecified atom stereocenters. The summed E-state index contributed by atoms with van der Waals surface area (Å²) in [5, 5.41) is 13.9. The van der Waals surface area contributed by atoms with Gasteiger partial charge < -0.3 is 9.84 Å². The number of carbonyl (C=O) groups excluding carboxylic acids is 1. The summed E-state index contributed by atoms with van der Waals surface area (Å²) in [6.07, 6.45) is -4.66. The molecule has 0 saturated carbocycles. The highest BCUT2D eigenvalue weighted by Crippen LogP contribution is 2.34. The van der Waals surface area contributed by atoms with Crippen molar-refractivity contribution in [1.82, 2.24) is 9.78 Å². The zero-order valence-corrected chi connectivity index (χ0v) is 14.5. The van der Waals surface area contributed by atoms with E-state index in [4.69, 9.17) is 11.6 Å². The molecule has 9 heteroatoms. The second-order valence-electron chi connectivity index (χ2n) is 5.52. The first-order valence-corrected chi connectivity index (χ1v) is 7.93. The summed E-state index contributed by atoms with van der Waals surface area (Å²) in [5.41, 5.74) is -0.564. The number of aromatic nitrogens is 2. The third-order valence-electron chi connectivity index (χ3n) is 3.77. The quantitative estimate of drug-likeness (QED) is 0.651. The average Bonchev–Trinajstić information content (AvgIpc) is 3.08. The van der Waals surface area contributed by atoms with Gasteiger partial charge in [0.1, 0.15) is 11.3 Å². The number of alkyl halides is 3. The van der Waals surface area contributed by atoms with Gasteiger partial charge in [-0.25, -0.2) is 9.48 Å². The number of carbonyl (C=O) groups is 1. The molecular formula is C18H12ClF3N2O3. The molecule has 0 radical (unpaired) electrons. The van der Waals surface area contributed by atoms with Crippen molar-refractivity contribution in [3.05, 3.63) is 64.8 Å². The predicted molar refractivity (Wildman–Crippen MR) is 92.0 cm³/mol. The van der Waals surface area contributed by atoms with Gasteiger partial charge >= 0.3 is 12.1 Å². The number of esters is 1. The lowest BCUT2D eigenvalue weighted by Gasteiger charge is -2.10. The van der Waals surface area contributed by atoms with Gasteiger partial charge in [-0.05, 0) is 36.4 Å². The number of benzene rings is 2. The normalized spacial score (nSPS) is 11.4. The Morgan fingerprint density at radius 3 is 2.41 bits per heavy atom. The van der Waals surface area contributed by atoms with Crippen LogP contribution in [0.25, 0.3) is 16.9 Å². The lowest BCUT2D eigenvalue weighted by Crippen LogP contribution is -2.08. The van der Waals surface area contributed by atoms with Gasteiger partial charge in [-0.15, -0.1) is 0 Å². The zero-order chi connectivity index (χ0) is 19.8. The van der Waals surface area contributed by atoms with Gasteiger partial charge in [-0.3, -0.25) is 0 Å². The number of nitrogens with zero attached hydrogens (tertiary/aromatic N) is 2. The molecular weight excluding hydrogens is 385 g/mol. The van der Waals surface area contributed by atoms with Crippen LogP contribution in [0, 0.1) is 0 Å². The highest BCUT2D eigenvalue weighted by Gasteiger charge is 2.35. The molecule has 1 N–H and O–H groups in total. The van der Waals surface area contributed by atoms with E-state index in [2.05, 4.69) is 9.84 Å². The minimum atomic E-state index is -4.66. The summed E-state index contributed by atoms with van der Waals surface area (Å²) in [5.74, 6) is -1.19. The molecule has 5 nitrogen and oxygen atoms in total. The fraction of sp³-hybridized carbons (Fsp3) is 0.111. The van der Waals surface area contributed by atoms with E-state index >= 15 is 0 Å². The van der Waals surface area contributed by atoms with Crippen molar-refractivity contribution in [2.45, 2.75) is 6.18 Å². The van der Waals surface area contributed by atoms with Crippen molar-refractivity contribution < 1.29 is 27.8 Å². The Hall–Kier alpha value is -3.00. The second kappa shape index (κ2) is 6.96. The molecule has 1 heterocycles. The van der Waals surface area contributed by atoms with Crippen LogP contribution in [-0.2, 0) is 10.9 Å². The number of hydrogen-bond acceptors (Lipinski definition) is 4. The molecule has 0 aliphatic rings. The maximum atomic E-state index is 13.2. The van der Waals surface area contributed by atoms with Gasteiger partial charge in [-0.2, -0.15) is 18.3 Å². The van der Waals surface area contributed by atoms with Crippen molar-refractivity contribution in [2.75, 3.05) is 7.11 Å². The van der Waals surface area contributed by atoms with Crippen LogP contribution in [-0.4, -0.2) is 28.0 Å². The first-order valence-electron chi connectivity index (χ1n) is 7.55. The van der Waals surface area contributed by atoms with Gasteiger partial charge in [0.05, 0.1) is 18.5 Å². The van der Waals surface area contributed by atoms with E-state index in [0.29, 0.717) is 10.6 Å². The Bertz CT molecular complexity index is 998. The summed E-state index contributed by atoms with van der Waals surface area (Å²) >= 11 is 5.84. The van der Waals surface area contributed by atoms with Crippen LogP contribution in [0.2, 0.25) is 5.02 Å². The van der Waals surface area contributed by atoms with Crippen molar-refractivity contribution in [1.29, 1.82) is 0 Å². The molecule has 0 spiro atoms.